The molecule has 0 bridgehead atoms. The molecule has 7 nitrogen and oxygen atoms in total. The van der Waals surface area contributed by atoms with Gasteiger partial charge in [-0.05, 0) is 25.0 Å². The molecule has 1 fully saturated rings. The second kappa shape index (κ2) is 6.74. The van der Waals surface area contributed by atoms with E-state index in [0.717, 1.165) is 5.56 Å². The number of H-pyrrole nitrogens is 1. The second-order valence-corrected chi connectivity index (χ2v) is 5.79. The Morgan fingerprint density at radius 1 is 1.33 bits per heavy atom. The van der Waals surface area contributed by atoms with E-state index in [2.05, 4.69) is 9.97 Å². The van der Waals surface area contributed by atoms with Crippen molar-refractivity contribution in [3.63, 3.8) is 0 Å². The summed E-state index contributed by atoms with van der Waals surface area (Å²) in [7, 11) is 1.59. The van der Waals surface area contributed by atoms with Crippen molar-refractivity contribution in [1.82, 2.24) is 9.97 Å². The Labute approximate surface area is 138 Å². The van der Waals surface area contributed by atoms with Gasteiger partial charge in [-0.1, -0.05) is 12.1 Å². The van der Waals surface area contributed by atoms with E-state index >= 15 is 0 Å². The molecule has 7 heteroatoms. The first kappa shape index (κ1) is 16.0. The molecule has 2 aromatic rings. The van der Waals surface area contributed by atoms with Crippen LogP contribution >= 0.6 is 0 Å². The molecule has 1 aliphatic heterocycles. The van der Waals surface area contributed by atoms with E-state index in [4.69, 9.17) is 9.84 Å². The van der Waals surface area contributed by atoms with Gasteiger partial charge in [0.25, 0.3) is 5.56 Å². The normalized spacial score (nSPS) is 15.3. The fourth-order valence-electron chi connectivity index (χ4n) is 2.86. The van der Waals surface area contributed by atoms with Gasteiger partial charge in [-0.3, -0.25) is 14.6 Å². The van der Waals surface area contributed by atoms with Gasteiger partial charge in [0.15, 0.2) is 0 Å². The molecule has 1 saturated heterocycles. The summed E-state index contributed by atoms with van der Waals surface area (Å²) in [4.78, 5) is 32.3. The van der Waals surface area contributed by atoms with Crippen molar-refractivity contribution >= 4 is 11.9 Å². The molecular weight excluding hydrogens is 310 g/mol. The van der Waals surface area contributed by atoms with E-state index in [0.29, 0.717) is 43.3 Å². The van der Waals surface area contributed by atoms with Gasteiger partial charge in [-0.15, -0.1) is 0 Å². The molecule has 1 aromatic heterocycles. The maximum absolute atomic E-state index is 12.0. The highest BCUT2D eigenvalue weighted by Crippen LogP contribution is 2.24. The van der Waals surface area contributed by atoms with Crippen LogP contribution in [0.1, 0.15) is 12.8 Å². The van der Waals surface area contributed by atoms with E-state index in [1.807, 2.05) is 29.2 Å². The Hall–Kier alpha value is -2.83. The molecule has 0 spiro atoms. The van der Waals surface area contributed by atoms with E-state index in [1.54, 1.807) is 7.11 Å². The van der Waals surface area contributed by atoms with Crippen LogP contribution in [0, 0.1) is 5.92 Å². The van der Waals surface area contributed by atoms with Crippen molar-refractivity contribution in [2.75, 3.05) is 25.1 Å². The molecule has 24 heavy (non-hydrogen) atoms. The lowest BCUT2D eigenvalue weighted by atomic mass is 9.97. The average Bonchev–Trinajstić information content (AvgIpc) is 2.61. The van der Waals surface area contributed by atoms with Crippen LogP contribution in [-0.4, -0.2) is 41.2 Å². The number of aliphatic carboxylic acids is 1. The lowest BCUT2D eigenvalue weighted by Crippen LogP contribution is -2.38. The first-order valence-electron chi connectivity index (χ1n) is 7.80. The highest BCUT2D eigenvalue weighted by atomic mass is 16.5. The summed E-state index contributed by atoms with van der Waals surface area (Å²) in [5, 5.41) is 9.08. The Balaban J connectivity index is 1.87. The van der Waals surface area contributed by atoms with E-state index < -0.39 is 5.97 Å². The molecule has 0 saturated carbocycles. The maximum atomic E-state index is 12.0. The predicted octanol–water partition coefficient (Wildman–Crippen LogP) is 1.75. The van der Waals surface area contributed by atoms with Crippen molar-refractivity contribution in [3.8, 4) is 17.0 Å². The van der Waals surface area contributed by atoms with Crippen molar-refractivity contribution in [1.29, 1.82) is 0 Å². The number of benzene rings is 1. The Morgan fingerprint density at radius 3 is 2.75 bits per heavy atom. The number of nitrogens with zero attached hydrogens (tertiary/aromatic N) is 2. The van der Waals surface area contributed by atoms with Gasteiger partial charge in [0.2, 0.25) is 5.95 Å². The van der Waals surface area contributed by atoms with Crippen molar-refractivity contribution < 1.29 is 14.6 Å². The standard InChI is InChI=1S/C17H19N3O4/c1-24-13-4-2-3-12(9-13)14-10-15(21)19-17(18-14)20-7-5-11(6-8-20)16(22)23/h2-4,9-11H,5-8H2,1H3,(H,22,23)(H,18,19,21). The number of hydrogen-bond acceptors (Lipinski definition) is 5. The van der Waals surface area contributed by atoms with Gasteiger partial charge in [-0.2, -0.15) is 0 Å². The molecule has 0 radical (unpaired) electrons. The van der Waals surface area contributed by atoms with Gasteiger partial charge in [0.05, 0.1) is 18.7 Å². The zero-order chi connectivity index (χ0) is 17.1. The number of rotatable bonds is 4. The lowest BCUT2D eigenvalue weighted by Gasteiger charge is -2.30. The molecule has 1 aliphatic rings. The summed E-state index contributed by atoms with van der Waals surface area (Å²) in [5.74, 6) is 0.0818. The first-order chi connectivity index (χ1) is 11.6. The average molecular weight is 329 g/mol. The number of aromatic amines is 1. The zero-order valence-electron chi connectivity index (χ0n) is 13.4. The summed E-state index contributed by atoms with van der Waals surface area (Å²) in [6.45, 7) is 1.11. The Morgan fingerprint density at radius 2 is 2.08 bits per heavy atom. The maximum Gasteiger partial charge on any atom is 0.306 e. The number of nitrogens with one attached hydrogen (secondary N) is 1. The number of methoxy groups -OCH3 is 1. The minimum Gasteiger partial charge on any atom is -0.497 e. The van der Waals surface area contributed by atoms with Crippen LogP contribution < -0.4 is 15.2 Å². The number of anilines is 1. The van der Waals surface area contributed by atoms with Crippen molar-refractivity contribution in [3.05, 3.63) is 40.7 Å². The van der Waals surface area contributed by atoms with E-state index in [9.17, 15) is 9.59 Å². The fourth-order valence-corrected chi connectivity index (χ4v) is 2.86. The number of ether oxygens (including phenoxy) is 1. The van der Waals surface area contributed by atoms with Gasteiger partial charge < -0.3 is 14.7 Å². The van der Waals surface area contributed by atoms with Crippen molar-refractivity contribution in [2.24, 2.45) is 5.92 Å². The van der Waals surface area contributed by atoms with Crippen LogP contribution in [0.3, 0.4) is 0 Å². The van der Waals surface area contributed by atoms with Gasteiger partial charge in [0, 0.05) is 24.7 Å². The van der Waals surface area contributed by atoms with E-state index in [-0.39, 0.29) is 11.5 Å². The number of carboxylic acid groups (broad SMARTS) is 1. The first-order valence-corrected chi connectivity index (χ1v) is 7.80. The largest absolute Gasteiger partial charge is 0.497 e. The quantitative estimate of drug-likeness (QED) is 0.887. The van der Waals surface area contributed by atoms with E-state index in [1.165, 1.54) is 6.07 Å². The molecule has 0 aliphatic carbocycles. The molecule has 126 valence electrons. The molecule has 1 aromatic carbocycles. The van der Waals surface area contributed by atoms with Crippen LogP contribution in [0.2, 0.25) is 0 Å². The van der Waals surface area contributed by atoms with Crippen molar-refractivity contribution in [2.45, 2.75) is 12.8 Å². The third-order valence-electron chi connectivity index (χ3n) is 4.24. The fraction of sp³-hybridized carbons (Fsp3) is 0.353. The highest BCUT2D eigenvalue weighted by molar-refractivity contribution is 5.70. The number of piperidine rings is 1. The summed E-state index contributed by atoms with van der Waals surface area (Å²) in [6.07, 6.45) is 1.09. The minimum absolute atomic E-state index is 0.238. The van der Waals surface area contributed by atoms with Gasteiger partial charge in [-0.25, -0.2) is 4.98 Å². The summed E-state index contributed by atoms with van der Waals surface area (Å²) in [5.41, 5.74) is 1.12. The predicted molar refractivity (Wildman–Crippen MR) is 89.4 cm³/mol. The zero-order valence-corrected chi connectivity index (χ0v) is 13.4. The van der Waals surface area contributed by atoms with Crippen LogP contribution in [0.5, 0.6) is 5.75 Å². The summed E-state index contributed by atoms with van der Waals surface area (Å²) >= 11 is 0. The second-order valence-electron chi connectivity index (χ2n) is 5.79. The number of carbonyl (C=O) groups is 1. The highest BCUT2D eigenvalue weighted by Gasteiger charge is 2.25. The lowest BCUT2D eigenvalue weighted by molar-refractivity contribution is -0.142. The topological polar surface area (TPSA) is 95.5 Å². The monoisotopic (exact) mass is 329 g/mol. The molecular formula is C17H19N3O4. The minimum atomic E-state index is -0.763. The smallest absolute Gasteiger partial charge is 0.306 e. The Bertz CT molecular complexity index is 794. The number of carboxylic acids is 1. The number of aromatic nitrogens is 2. The summed E-state index contributed by atoms with van der Waals surface area (Å²) in [6, 6.07) is 8.80. The molecule has 0 unspecified atom stereocenters. The summed E-state index contributed by atoms with van der Waals surface area (Å²) < 4.78 is 5.21. The van der Waals surface area contributed by atoms with Crippen LogP contribution in [0.4, 0.5) is 5.95 Å². The Kier molecular flexibility index (Phi) is 4.50. The molecule has 2 N–H and O–H groups in total. The number of hydrogen-bond donors (Lipinski definition) is 2. The van der Waals surface area contributed by atoms with Crippen LogP contribution in [0.25, 0.3) is 11.3 Å². The van der Waals surface area contributed by atoms with Crippen LogP contribution in [0.15, 0.2) is 35.1 Å². The van der Waals surface area contributed by atoms with Crippen LogP contribution in [-0.2, 0) is 4.79 Å². The molecule has 0 amide bonds. The third-order valence-corrected chi connectivity index (χ3v) is 4.24. The van der Waals surface area contributed by atoms with Gasteiger partial charge >= 0.3 is 5.97 Å². The third kappa shape index (κ3) is 3.40. The molecule has 0 atom stereocenters. The molecule has 2 heterocycles. The van der Waals surface area contributed by atoms with Gasteiger partial charge in [0.1, 0.15) is 5.75 Å². The molecule has 3 rings (SSSR count). The SMILES string of the molecule is COc1cccc(-c2cc(=O)[nH]c(N3CCC(C(=O)O)CC3)n2)c1.